The number of nitrogens with zero attached hydrogens (tertiary/aromatic N) is 1. The Kier molecular flexibility index (Phi) is 3.20. The van der Waals surface area contributed by atoms with E-state index >= 15 is 0 Å². The van der Waals surface area contributed by atoms with Crippen LogP contribution in [0.5, 0.6) is 5.75 Å². The van der Waals surface area contributed by atoms with Gasteiger partial charge in [0, 0.05) is 0 Å². The molecule has 3 heteroatoms. The minimum absolute atomic E-state index is 0.0757. The largest absolute Gasteiger partial charge is 0.495 e. The smallest absolute Gasteiger partial charge is 0.137 e. The normalized spacial score (nSPS) is 11.4. The molecule has 0 atom stereocenters. The van der Waals surface area contributed by atoms with Gasteiger partial charge in [-0.25, -0.2) is 0 Å². The number of ether oxygens (including phenoxy) is 1. The third-order valence-corrected chi connectivity index (χ3v) is 3.33. The quantitative estimate of drug-likeness (QED) is 0.743. The summed E-state index contributed by atoms with van der Waals surface area (Å²) in [4.78, 5) is 4.35. The SMILES string of the molecule is COc1ccc(C(C)(C)SC)nc1. The zero-order valence-corrected chi connectivity index (χ0v) is 9.31. The molecule has 0 aliphatic rings. The van der Waals surface area contributed by atoms with E-state index in [1.807, 2.05) is 12.1 Å². The average Bonchev–Trinajstić information content (AvgIpc) is 2.18. The van der Waals surface area contributed by atoms with E-state index in [2.05, 4.69) is 25.1 Å². The highest BCUT2D eigenvalue weighted by molar-refractivity contribution is 7.99. The number of aromatic nitrogens is 1. The van der Waals surface area contributed by atoms with Gasteiger partial charge in [-0.15, -0.1) is 0 Å². The van der Waals surface area contributed by atoms with Crippen LogP contribution in [0.3, 0.4) is 0 Å². The standard InChI is InChI=1S/C10H15NOS/c1-10(2,13-4)9-6-5-8(12-3)7-11-9/h5-7H,1-4H3. The van der Waals surface area contributed by atoms with Gasteiger partial charge in [-0.2, -0.15) is 11.8 Å². The highest BCUT2D eigenvalue weighted by Gasteiger charge is 2.19. The van der Waals surface area contributed by atoms with Gasteiger partial charge < -0.3 is 4.74 Å². The van der Waals surface area contributed by atoms with E-state index in [-0.39, 0.29) is 4.75 Å². The first kappa shape index (κ1) is 10.4. The van der Waals surface area contributed by atoms with Crippen LogP contribution in [-0.4, -0.2) is 18.3 Å². The second kappa shape index (κ2) is 4.01. The van der Waals surface area contributed by atoms with E-state index < -0.39 is 0 Å². The lowest BCUT2D eigenvalue weighted by Crippen LogP contribution is -2.12. The molecule has 0 bridgehead atoms. The van der Waals surface area contributed by atoms with Crippen molar-refractivity contribution in [2.75, 3.05) is 13.4 Å². The molecule has 0 aliphatic carbocycles. The second-order valence-corrected chi connectivity index (χ2v) is 4.73. The van der Waals surface area contributed by atoms with Crippen molar-refractivity contribution in [3.63, 3.8) is 0 Å². The van der Waals surface area contributed by atoms with E-state index in [1.165, 1.54) is 0 Å². The topological polar surface area (TPSA) is 22.1 Å². The van der Waals surface area contributed by atoms with Crippen LogP contribution in [0.25, 0.3) is 0 Å². The van der Waals surface area contributed by atoms with Crippen molar-refractivity contribution >= 4 is 11.8 Å². The summed E-state index contributed by atoms with van der Waals surface area (Å²) in [7, 11) is 1.65. The molecule has 1 heterocycles. The number of hydrogen-bond donors (Lipinski definition) is 0. The molecule has 0 N–H and O–H groups in total. The predicted octanol–water partition coefficient (Wildman–Crippen LogP) is 2.69. The van der Waals surface area contributed by atoms with Gasteiger partial charge in [0.25, 0.3) is 0 Å². The van der Waals surface area contributed by atoms with Gasteiger partial charge in [-0.1, -0.05) is 0 Å². The summed E-state index contributed by atoms with van der Waals surface area (Å²) in [5.41, 5.74) is 1.08. The Hall–Kier alpha value is -0.700. The summed E-state index contributed by atoms with van der Waals surface area (Å²) in [6.45, 7) is 4.32. The molecule has 0 amide bonds. The Morgan fingerprint density at radius 2 is 2.08 bits per heavy atom. The van der Waals surface area contributed by atoms with Crippen LogP contribution in [-0.2, 0) is 4.75 Å². The molecule has 13 heavy (non-hydrogen) atoms. The molecule has 0 saturated heterocycles. The van der Waals surface area contributed by atoms with Crippen molar-refractivity contribution in [1.82, 2.24) is 4.98 Å². The van der Waals surface area contributed by atoms with Crippen LogP contribution < -0.4 is 4.74 Å². The molecule has 1 aromatic rings. The van der Waals surface area contributed by atoms with E-state index in [0.717, 1.165) is 11.4 Å². The molecule has 1 aromatic heterocycles. The van der Waals surface area contributed by atoms with E-state index in [9.17, 15) is 0 Å². The molecule has 1 rings (SSSR count). The minimum Gasteiger partial charge on any atom is -0.495 e. The third-order valence-electron chi connectivity index (χ3n) is 2.10. The first-order valence-corrected chi connectivity index (χ1v) is 5.38. The Morgan fingerprint density at radius 1 is 1.38 bits per heavy atom. The fourth-order valence-corrected chi connectivity index (χ4v) is 1.29. The van der Waals surface area contributed by atoms with Gasteiger partial charge in [-0.3, -0.25) is 4.98 Å². The predicted molar refractivity (Wildman–Crippen MR) is 57.3 cm³/mol. The maximum atomic E-state index is 5.05. The van der Waals surface area contributed by atoms with Gasteiger partial charge in [0.1, 0.15) is 5.75 Å². The van der Waals surface area contributed by atoms with Gasteiger partial charge in [-0.05, 0) is 32.2 Å². The number of hydrogen-bond acceptors (Lipinski definition) is 3. The molecular weight excluding hydrogens is 182 g/mol. The molecule has 0 radical (unpaired) electrons. The first-order valence-electron chi connectivity index (χ1n) is 4.16. The van der Waals surface area contributed by atoms with E-state index in [4.69, 9.17) is 4.74 Å². The summed E-state index contributed by atoms with van der Waals surface area (Å²) in [5, 5.41) is 0. The number of methoxy groups -OCH3 is 1. The van der Waals surface area contributed by atoms with E-state index in [1.54, 1.807) is 25.1 Å². The fourth-order valence-electron chi connectivity index (χ4n) is 0.962. The molecule has 0 saturated carbocycles. The van der Waals surface area contributed by atoms with E-state index in [0.29, 0.717) is 0 Å². The summed E-state index contributed by atoms with van der Waals surface area (Å²) >= 11 is 1.79. The number of pyridine rings is 1. The lowest BCUT2D eigenvalue weighted by atomic mass is 10.1. The van der Waals surface area contributed by atoms with Crippen LogP contribution in [0.4, 0.5) is 0 Å². The summed E-state index contributed by atoms with van der Waals surface area (Å²) in [6.07, 6.45) is 3.85. The van der Waals surface area contributed by atoms with Crippen LogP contribution in [0, 0.1) is 0 Å². The number of thioether (sulfide) groups is 1. The van der Waals surface area contributed by atoms with Crippen molar-refractivity contribution in [3.05, 3.63) is 24.0 Å². The lowest BCUT2D eigenvalue weighted by molar-refractivity contribution is 0.412. The Balaban J connectivity index is 2.92. The average molecular weight is 197 g/mol. The first-order chi connectivity index (χ1) is 6.10. The van der Waals surface area contributed by atoms with Gasteiger partial charge >= 0.3 is 0 Å². The number of rotatable bonds is 3. The highest BCUT2D eigenvalue weighted by Crippen LogP contribution is 2.32. The van der Waals surface area contributed by atoms with Gasteiger partial charge in [0.15, 0.2) is 0 Å². The molecule has 0 aliphatic heterocycles. The molecule has 0 fully saturated rings. The van der Waals surface area contributed by atoms with Crippen LogP contribution in [0.2, 0.25) is 0 Å². The summed E-state index contributed by atoms with van der Waals surface area (Å²) in [6, 6.07) is 3.95. The maximum absolute atomic E-state index is 5.05. The Bertz CT molecular complexity index is 269. The molecule has 0 spiro atoms. The zero-order chi connectivity index (χ0) is 9.90. The van der Waals surface area contributed by atoms with Crippen molar-refractivity contribution in [1.29, 1.82) is 0 Å². The zero-order valence-electron chi connectivity index (χ0n) is 8.50. The van der Waals surface area contributed by atoms with Crippen LogP contribution in [0.15, 0.2) is 18.3 Å². The second-order valence-electron chi connectivity index (χ2n) is 3.30. The molecular formula is C10H15NOS. The molecule has 0 aromatic carbocycles. The molecule has 2 nitrogen and oxygen atoms in total. The Morgan fingerprint density at radius 3 is 2.46 bits per heavy atom. The highest BCUT2D eigenvalue weighted by atomic mass is 32.2. The van der Waals surface area contributed by atoms with Crippen LogP contribution >= 0.6 is 11.8 Å². The monoisotopic (exact) mass is 197 g/mol. The maximum Gasteiger partial charge on any atom is 0.137 e. The summed E-state index contributed by atoms with van der Waals surface area (Å²) in [5.74, 6) is 0.806. The van der Waals surface area contributed by atoms with Crippen molar-refractivity contribution in [2.24, 2.45) is 0 Å². The summed E-state index contributed by atoms with van der Waals surface area (Å²) < 4.78 is 5.12. The fraction of sp³-hybridized carbons (Fsp3) is 0.500. The minimum atomic E-state index is 0.0757. The Labute approximate surface area is 83.7 Å². The van der Waals surface area contributed by atoms with Crippen molar-refractivity contribution in [3.8, 4) is 5.75 Å². The molecule has 72 valence electrons. The lowest BCUT2D eigenvalue weighted by Gasteiger charge is -2.21. The molecule has 0 unspecified atom stereocenters. The van der Waals surface area contributed by atoms with Gasteiger partial charge in [0.05, 0.1) is 23.7 Å². The van der Waals surface area contributed by atoms with Crippen molar-refractivity contribution in [2.45, 2.75) is 18.6 Å². The van der Waals surface area contributed by atoms with Crippen LogP contribution in [0.1, 0.15) is 19.5 Å². The van der Waals surface area contributed by atoms with Gasteiger partial charge in [0.2, 0.25) is 0 Å². The third kappa shape index (κ3) is 2.37. The van der Waals surface area contributed by atoms with Crippen molar-refractivity contribution < 1.29 is 4.74 Å².